The van der Waals surface area contributed by atoms with Crippen LogP contribution in [0.4, 0.5) is 0 Å². The van der Waals surface area contributed by atoms with Gasteiger partial charge >= 0.3 is 0 Å². The van der Waals surface area contributed by atoms with Crippen LogP contribution in [-0.4, -0.2) is 50.1 Å². The molecule has 0 radical (unpaired) electrons. The van der Waals surface area contributed by atoms with Gasteiger partial charge in [0.05, 0.1) is 0 Å². The van der Waals surface area contributed by atoms with Crippen molar-refractivity contribution in [2.75, 3.05) is 39.3 Å². The molecule has 0 aromatic heterocycles. The molecule has 0 aliphatic carbocycles. The van der Waals surface area contributed by atoms with Crippen LogP contribution in [-0.2, 0) is 4.79 Å². The van der Waals surface area contributed by atoms with E-state index in [9.17, 15) is 4.79 Å². The number of hydrogen-bond acceptors (Lipinski definition) is 3. The van der Waals surface area contributed by atoms with Crippen molar-refractivity contribution in [2.24, 2.45) is 11.8 Å². The maximum Gasteiger partial charge on any atom is 0.223 e. The minimum absolute atomic E-state index is 0.239. The van der Waals surface area contributed by atoms with Crippen LogP contribution in [0.3, 0.4) is 0 Å². The molecule has 0 bridgehead atoms. The number of amides is 1. The van der Waals surface area contributed by atoms with Crippen LogP contribution < -0.4 is 10.6 Å². The number of piperidine rings is 2. The fourth-order valence-corrected chi connectivity index (χ4v) is 3.15. The van der Waals surface area contributed by atoms with Gasteiger partial charge in [0, 0.05) is 19.0 Å². The summed E-state index contributed by atoms with van der Waals surface area (Å²) >= 11 is 0. The van der Waals surface area contributed by atoms with E-state index in [4.69, 9.17) is 0 Å². The van der Waals surface area contributed by atoms with E-state index in [0.29, 0.717) is 5.92 Å². The molecule has 2 saturated heterocycles. The SMILES string of the molecule is CC(CNC(=O)C1CCNCC1)CN1CCCCC1. The molecule has 2 aliphatic rings. The van der Waals surface area contributed by atoms with Crippen LogP contribution in [0, 0.1) is 11.8 Å². The van der Waals surface area contributed by atoms with Crippen molar-refractivity contribution in [2.45, 2.75) is 39.0 Å². The Kier molecular flexibility index (Phi) is 6.11. The summed E-state index contributed by atoms with van der Waals surface area (Å²) in [6.07, 6.45) is 6.05. The summed E-state index contributed by atoms with van der Waals surface area (Å²) in [5.41, 5.74) is 0. The molecule has 2 fully saturated rings. The Labute approximate surface area is 117 Å². The minimum Gasteiger partial charge on any atom is -0.356 e. The zero-order valence-corrected chi connectivity index (χ0v) is 12.3. The molecular weight excluding hydrogens is 238 g/mol. The van der Waals surface area contributed by atoms with E-state index in [0.717, 1.165) is 39.0 Å². The van der Waals surface area contributed by atoms with Gasteiger partial charge in [-0.1, -0.05) is 13.3 Å². The van der Waals surface area contributed by atoms with Crippen LogP contribution in [0.5, 0.6) is 0 Å². The zero-order chi connectivity index (χ0) is 13.5. The molecular formula is C15H29N3O. The molecule has 1 atom stereocenters. The topological polar surface area (TPSA) is 44.4 Å². The van der Waals surface area contributed by atoms with Crippen LogP contribution in [0.1, 0.15) is 39.0 Å². The van der Waals surface area contributed by atoms with Gasteiger partial charge in [0.15, 0.2) is 0 Å². The molecule has 0 saturated carbocycles. The van der Waals surface area contributed by atoms with Gasteiger partial charge in [-0.2, -0.15) is 0 Å². The molecule has 0 aromatic rings. The van der Waals surface area contributed by atoms with E-state index in [1.807, 2.05) is 0 Å². The average Bonchev–Trinajstić information content (AvgIpc) is 2.47. The molecule has 2 rings (SSSR count). The van der Waals surface area contributed by atoms with Crippen molar-refractivity contribution in [1.82, 2.24) is 15.5 Å². The smallest absolute Gasteiger partial charge is 0.223 e. The van der Waals surface area contributed by atoms with Gasteiger partial charge in [0.25, 0.3) is 0 Å². The first-order chi connectivity index (χ1) is 9.25. The molecule has 4 heteroatoms. The van der Waals surface area contributed by atoms with Gasteiger partial charge < -0.3 is 15.5 Å². The molecule has 2 N–H and O–H groups in total. The van der Waals surface area contributed by atoms with E-state index in [1.54, 1.807) is 0 Å². The first-order valence-electron chi connectivity index (χ1n) is 7.96. The Bertz CT molecular complexity index is 271. The highest BCUT2D eigenvalue weighted by Gasteiger charge is 2.21. The average molecular weight is 267 g/mol. The largest absolute Gasteiger partial charge is 0.356 e. The highest BCUT2D eigenvalue weighted by atomic mass is 16.1. The quantitative estimate of drug-likeness (QED) is 0.787. The Morgan fingerprint density at radius 1 is 1.26 bits per heavy atom. The minimum atomic E-state index is 0.239. The van der Waals surface area contributed by atoms with E-state index in [2.05, 4.69) is 22.5 Å². The number of rotatable bonds is 5. The number of carbonyl (C=O) groups excluding carboxylic acids is 1. The molecule has 19 heavy (non-hydrogen) atoms. The summed E-state index contributed by atoms with van der Waals surface area (Å²) in [5.74, 6) is 1.07. The molecule has 0 spiro atoms. The lowest BCUT2D eigenvalue weighted by atomic mass is 9.97. The fourth-order valence-electron chi connectivity index (χ4n) is 3.15. The zero-order valence-electron chi connectivity index (χ0n) is 12.3. The van der Waals surface area contributed by atoms with Gasteiger partial charge in [0.2, 0.25) is 5.91 Å². The second kappa shape index (κ2) is 7.85. The van der Waals surface area contributed by atoms with E-state index >= 15 is 0 Å². The van der Waals surface area contributed by atoms with E-state index in [1.165, 1.54) is 32.4 Å². The second-order valence-electron chi connectivity index (χ2n) is 6.24. The molecule has 1 unspecified atom stereocenters. The summed E-state index contributed by atoms with van der Waals surface area (Å²) in [5, 5.41) is 6.45. The maximum atomic E-state index is 12.0. The third kappa shape index (κ3) is 5.11. The predicted molar refractivity (Wildman–Crippen MR) is 78.1 cm³/mol. The summed E-state index contributed by atoms with van der Waals surface area (Å²) in [6.45, 7) is 8.67. The van der Waals surface area contributed by atoms with Crippen molar-refractivity contribution < 1.29 is 4.79 Å². The number of nitrogens with one attached hydrogen (secondary N) is 2. The lowest BCUT2D eigenvalue weighted by Gasteiger charge is -2.29. The van der Waals surface area contributed by atoms with Crippen molar-refractivity contribution in [1.29, 1.82) is 0 Å². The molecule has 1 amide bonds. The first-order valence-corrected chi connectivity index (χ1v) is 7.96. The Morgan fingerprint density at radius 3 is 2.63 bits per heavy atom. The highest BCUT2D eigenvalue weighted by Crippen LogP contribution is 2.13. The van der Waals surface area contributed by atoms with Gasteiger partial charge in [-0.3, -0.25) is 4.79 Å². The molecule has 2 aliphatic heterocycles. The molecule has 110 valence electrons. The summed E-state index contributed by atoms with van der Waals surface area (Å²) < 4.78 is 0. The number of hydrogen-bond donors (Lipinski definition) is 2. The Balaban J connectivity index is 1.61. The first kappa shape index (κ1) is 14.8. The summed E-state index contributed by atoms with van der Waals surface area (Å²) in [4.78, 5) is 14.6. The van der Waals surface area contributed by atoms with Crippen LogP contribution in [0.25, 0.3) is 0 Å². The van der Waals surface area contributed by atoms with Crippen LogP contribution >= 0.6 is 0 Å². The maximum absolute atomic E-state index is 12.0. The highest BCUT2D eigenvalue weighted by molar-refractivity contribution is 5.78. The molecule has 2 heterocycles. The summed E-state index contributed by atoms with van der Waals surface area (Å²) in [7, 11) is 0. The van der Waals surface area contributed by atoms with Gasteiger partial charge in [0.1, 0.15) is 0 Å². The molecule has 4 nitrogen and oxygen atoms in total. The van der Waals surface area contributed by atoms with Gasteiger partial charge in [-0.05, 0) is 57.8 Å². The van der Waals surface area contributed by atoms with Crippen molar-refractivity contribution >= 4 is 5.91 Å². The number of carbonyl (C=O) groups is 1. The third-order valence-electron chi connectivity index (χ3n) is 4.35. The normalized spacial score (nSPS) is 24.1. The lowest BCUT2D eigenvalue weighted by Crippen LogP contribution is -2.42. The van der Waals surface area contributed by atoms with Crippen LogP contribution in [0.2, 0.25) is 0 Å². The number of nitrogens with zero attached hydrogens (tertiary/aromatic N) is 1. The van der Waals surface area contributed by atoms with Crippen LogP contribution in [0.15, 0.2) is 0 Å². The monoisotopic (exact) mass is 267 g/mol. The van der Waals surface area contributed by atoms with Crippen molar-refractivity contribution in [3.05, 3.63) is 0 Å². The Hall–Kier alpha value is -0.610. The van der Waals surface area contributed by atoms with Crippen molar-refractivity contribution in [3.63, 3.8) is 0 Å². The third-order valence-corrected chi connectivity index (χ3v) is 4.35. The lowest BCUT2D eigenvalue weighted by molar-refractivity contribution is -0.125. The second-order valence-corrected chi connectivity index (χ2v) is 6.24. The van der Waals surface area contributed by atoms with E-state index < -0.39 is 0 Å². The fraction of sp³-hybridized carbons (Fsp3) is 0.933. The van der Waals surface area contributed by atoms with E-state index in [-0.39, 0.29) is 11.8 Å². The molecule has 0 aromatic carbocycles. The Morgan fingerprint density at radius 2 is 1.95 bits per heavy atom. The predicted octanol–water partition coefficient (Wildman–Crippen LogP) is 1.22. The van der Waals surface area contributed by atoms with Crippen molar-refractivity contribution in [3.8, 4) is 0 Å². The standard InChI is InChI=1S/C15H29N3O/c1-13(12-18-9-3-2-4-10-18)11-17-15(19)14-5-7-16-8-6-14/h13-14,16H,2-12H2,1H3,(H,17,19). The summed E-state index contributed by atoms with van der Waals surface area (Å²) in [6, 6.07) is 0. The van der Waals surface area contributed by atoms with Gasteiger partial charge in [-0.15, -0.1) is 0 Å². The van der Waals surface area contributed by atoms with Gasteiger partial charge in [-0.25, -0.2) is 0 Å². The number of likely N-dealkylation sites (tertiary alicyclic amines) is 1.